The average Bonchev–Trinajstić information content (AvgIpc) is 2.97. The van der Waals surface area contributed by atoms with Gasteiger partial charge in [-0.05, 0) is 73.4 Å². The van der Waals surface area contributed by atoms with Gasteiger partial charge in [0.2, 0.25) is 5.91 Å². The third-order valence-electron chi connectivity index (χ3n) is 6.96. The molecule has 2 amide bonds. The fourth-order valence-corrected chi connectivity index (χ4v) is 4.87. The zero-order valence-corrected chi connectivity index (χ0v) is 22.0. The van der Waals surface area contributed by atoms with E-state index in [0.717, 1.165) is 37.1 Å². The second kappa shape index (κ2) is 14.1. The number of amides is 2. The Morgan fingerprint density at radius 3 is 2.29 bits per heavy atom. The lowest BCUT2D eigenvalue weighted by Crippen LogP contribution is -2.44. The van der Waals surface area contributed by atoms with Crippen LogP contribution in [-0.4, -0.2) is 38.6 Å². The molecule has 0 bridgehead atoms. The molecule has 0 aliphatic heterocycles. The molecule has 1 aliphatic carbocycles. The summed E-state index contributed by atoms with van der Waals surface area (Å²) in [6, 6.07) is 24.2. The molecule has 0 saturated heterocycles. The van der Waals surface area contributed by atoms with Crippen LogP contribution in [0.25, 0.3) is 0 Å². The highest BCUT2D eigenvalue weighted by molar-refractivity contribution is 5.95. The Labute approximate surface area is 224 Å². The van der Waals surface area contributed by atoms with E-state index < -0.39 is 0 Å². The second-order valence-corrected chi connectivity index (χ2v) is 9.60. The van der Waals surface area contributed by atoms with Gasteiger partial charge in [0.25, 0.3) is 5.91 Å². The summed E-state index contributed by atoms with van der Waals surface area (Å²) < 4.78 is 11.1. The Bertz CT molecular complexity index is 1160. The molecule has 1 fully saturated rings. The molecule has 1 unspecified atom stereocenters. The third-order valence-corrected chi connectivity index (χ3v) is 6.96. The number of methoxy groups -OCH3 is 1. The molecule has 4 rings (SSSR count). The van der Waals surface area contributed by atoms with Crippen LogP contribution in [0.5, 0.6) is 17.2 Å². The number of para-hydroxylation sites is 1. The van der Waals surface area contributed by atoms with Crippen LogP contribution in [0.2, 0.25) is 0 Å². The summed E-state index contributed by atoms with van der Waals surface area (Å²) in [5, 5.41) is 9.40. The van der Waals surface area contributed by atoms with E-state index >= 15 is 0 Å². The number of hydrogen-bond acceptors (Lipinski definition) is 5. The van der Waals surface area contributed by atoms with E-state index in [1.165, 1.54) is 6.42 Å². The number of benzene rings is 3. The lowest BCUT2D eigenvalue weighted by Gasteiger charge is -2.29. The van der Waals surface area contributed by atoms with Crippen molar-refractivity contribution < 1.29 is 19.1 Å². The summed E-state index contributed by atoms with van der Waals surface area (Å²) in [5.41, 5.74) is 1.47. The van der Waals surface area contributed by atoms with Gasteiger partial charge < -0.3 is 25.4 Å². The van der Waals surface area contributed by atoms with Crippen molar-refractivity contribution in [1.29, 1.82) is 0 Å². The molecule has 0 radical (unpaired) electrons. The molecule has 200 valence electrons. The van der Waals surface area contributed by atoms with E-state index in [4.69, 9.17) is 9.47 Å². The van der Waals surface area contributed by atoms with Gasteiger partial charge in [-0.25, -0.2) is 0 Å². The zero-order chi connectivity index (χ0) is 26.6. The summed E-state index contributed by atoms with van der Waals surface area (Å²) >= 11 is 0. The van der Waals surface area contributed by atoms with Gasteiger partial charge in [-0.3, -0.25) is 9.59 Å². The van der Waals surface area contributed by atoms with Crippen LogP contribution in [0.1, 0.15) is 42.5 Å². The summed E-state index contributed by atoms with van der Waals surface area (Å²) in [7, 11) is 1.64. The van der Waals surface area contributed by atoms with Gasteiger partial charge in [0.1, 0.15) is 17.2 Å². The molecule has 3 aromatic rings. The number of carbonyl (C=O) groups excluding carboxylic acids is 2. The van der Waals surface area contributed by atoms with E-state index in [2.05, 4.69) is 16.0 Å². The molecule has 0 spiro atoms. The Kier molecular flexibility index (Phi) is 10.0. The Balaban J connectivity index is 1.31. The van der Waals surface area contributed by atoms with Crippen LogP contribution in [0.4, 0.5) is 5.69 Å². The van der Waals surface area contributed by atoms with Crippen molar-refractivity contribution in [1.82, 2.24) is 10.6 Å². The van der Waals surface area contributed by atoms with Crippen LogP contribution in [-0.2, 0) is 4.79 Å². The first-order valence-corrected chi connectivity index (χ1v) is 13.4. The standard InChI is InChI=1S/C31H37N3O4/c1-37-26-17-15-25(16-18-26)32-19-20-33-31(36)29(23-9-4-2-5-10-23)22-34-30(35)24-11-8-14-28(21-24)38-27-12-6-3-7-13-27/h3,6-8,11-18,21,23,29,32H,2,4-5,9-10,19-20,22H2,1H3,(H,33,36)(H,34,35). The first-order valence-electron chi connectivity index (χ1n) is 13.4. The van der Waals surface area contributed by atoms with Gasteiger partial charge >= 0.3 is 0 Å². The minimum absolute atomic E-state index is 0.00473. The lowest BCUT2D eigenvalue weighted by atomic mass is 9.79. The van der Waals surface area contributed by atoms with Gasteiger partial charge in [-0.15, -0.1) is 0 Å². The fraction of sp³-hybridized carbons (Fsp3) is 0.355. The van der Waals surface area contributed by atoms with Crippen LogP contribution < -0.4 is 25.4 Å². The van der Waals surface area contributed by atoms with Gasteiger partial charge in [0.15, 0.2) is 0 Å². The number of anilines is 1. The number of ether oxygens (including phenoxy) is 2. The van der Waals surface area contributed by atoms with Crippen molar-refractivity contribution in [2.45, 2.75) is 32.1 Å². The van der Waals surface area contributed by atoms with Crippen molar-refractivity contribution in [3.63, 3.8) is 0 Å². The minimum Gasteiger partial charge on any atom is -0.497 e. The normalized spacial score (nSPS) is 14.2. The fourth-order valence-electron chi connectivity index (χ4n) is 4.87. The summed E-state index contributed by atoms with van der Waals surface area (Å²) in [5.74, 6) is 1.90. The van der Waals surface area contributed by atoms with E-state index in [9.17, 15) is 9.59 Å². The van der Waals surface area contributed by atoms with E-state index in [1.54, 1.807) is 25.3 Å². The highest BCUT2D eigenvalue weighted by Gasteiger charge is 2.29. The molecule has 3 N–H and O–H groups in total. The summed E-state index contributed by atoms with van der Waals surface area (Å²) in [6.45, 7) is 1.42. The van der Waals surface area contributed by atoms with Crippen molar-refractivity contribution in [3.8, 4) is 17.2 Å². The molecular weight excluding hydrogens is 478 g/mol. The minimum atomic E-state index is -0.260. The van der Waals surface area contributed by atoms with Gasteiger partial charge in [-0.1, -0.05) is 43.5 Å². The average molecular weight is 516 g/mol. The quantitative estimate of drug-likeness (QED) is 0.272. The summed E-state index contributed by atoms with van der Waals surface area (Å²) in [4.78, 5) is 26.2. The molecule has 7 heteroatoms. The second-order valence-electron chi connectivity index (χ2n) is 9.60. The lowest BCUT2D eigenvalue weighted by molar-refractivity contribution is -0.126. The van der Waals surface area contributed by atoms with Crippen molar-refractivity contribution >= 4 is 17.5 Å². The molecule has 0 aromatic heterocycles. The van der Waals surface area contributed by atoms with E-state index in [0.29, 0.717) is 36.7 Å². The third kappa shape index (κ3) is 8.00. The zero-order valence-electron chi connectivity index (χ0n) is 22.0. The molecule has 1 atom stereocenters. The van der Waals surface area contributed by atoms with Crippen molar-refractivity contribution in [2.24, 2.45) is 11.8 Å². The first kappa shape index (κ1) is 27.0. The first-order chi connectivity index (χ1) is 18.6. The number of hydrogen-bond donors (Lipinski definition) is 3. The maximum Gasteiger partial charge on any atom is 0.251 e. The largest absolute Gasteiger partial charge is 0.497 e. The van der Waals surface area contributed by atoms with Crippen molar-refractivity contribution in [3.05, 3.63) is 84.4 Å². The topological polar surface area (TPSA) is 88.7 Å². The van der Waals surface area contributed by atoms with E-state index in [1.807, 2.05) is 60.7 Å². The SMILES string of the molecule is COc1ccc(NCCNC(=O)C(CNC(=O)c2cccc(Oc3ccccc3)c2)C2CCCCC2)cc1. The smallest absolute Gasteiger partial charge is 0.251 e. The molecule has 0 heterocycles. The van der Waals surface area contributed by atoms with Crippen LogP contribution in [0, 0.1) is 11.8 Å². The number of rotatable bonds is 12. The molecule has 1 aliphatic rings. The van der Waals surface area contributed by atoms with Crippen LogP contribution >= 0.6 is 0 Å². The van der Waals surface area contributed by atoms with Crippen LogP contribution in [0.15, 0.2) is 78.9 Å². The van der Waals surface area contributed by atoms with Gasteiger partial charge in [0.05, 0.1) is 13.0 Å². The molecular formula is C31H37N3O4. The maximum atomic E-state index is 13.2. The monoisotopic (exact) mass is 515 g/mol. The highest BCUT2D eigenvalue weighted by Crippen LogP contribution is 2.30. The maximum absolute atomic E-state index is 13.2. The van der Waals surface area contributed by atoms with Gasteiger partial charge in [0, 0.05) is 30.9 Å². The van der Waals surface area contributed by atoms with Crippen molar-refractivity contribution in [2.75, 3.05) is 32.1 Å². The van der Waals surface area contributed by atoms with Gasteiger partial charge in [-0.2, -0.15) is 0 Å². The predicted molar refractivity (Wildman–Crippen MR) is 150 cm³/mol. The molecule has 3 aromatic carbocycles. The predicted octanol–water partition coefficient (Wildman–Crippen LogP) is 5.64. The number of nitrogens with one attached hydrogen (secondary N) is 3. The molecule has 7 nitrogen and oxygen atoms in total. The highest BCUT2D eigenvalue weighted by atomic mass is 16.5. The molecule has 38 heavy (non-hydrogen) atoms. The van der Waals surface area contributed by atoms with E-state index in [-0.39, 0.29) is 23.7 Å². The summed E-state index contributed by atoms with van der Waals surface area (Å²) in [6.07, 6.45) is 5.48. The Morgan fingerprint density at radius 1 is 0.816 bits per heavy atom. The number of carbonyl (C=O) groups is 2. The molecule has 1 saturated carbocycles. The Morgan fingerprint density at radius 2 is 1.55 bits per heavy atom. The Hall–Kier alpha value is -4.00. The van der Waals surface area contributed by atoms with Crippen LogP contribution in [0.3, 0.4) is 0 Å².